The molecule has 35 heavy (non-hydrogen) atoms. The number of aromatic nitrogens is 2. The number of ether oxygens (including phenoxy) is 2. The highest BCUT2D eigenvalue weighted by Crippen LogP contribution is 2.51. The third-order valence-electron chi connectivity index (χ3n) is 6.24. The average Bonchev–Trinajstić information content (AvgIpc) is 2.89. The number of hydrogen-bond acceptors (Lipinski definition) is 7. The third kappa shape index (κ3) is 3.54. The lowest BCUT2D eigenvalue weighted by Gasteiger charge is -2.30. The molecular weight excluding hydrogens is 442 g/mol. The molecule has 1 atom stereocenters. The number of rotatable bonds is 4. The van der Waals surface area contributed by atoms with E-state index in [1.807, 2.05) is 54.6 Å². The first-order chi connectivity index (χ1) is 17.1. The number of fused-ring (bicyclic) bond motifs is 4. The minimum Gasteiger partial charge on any atom is -0.504 e. The maximum Gasteiger partial charge on any atom is 0.228 e. The molecule has 6 rings (SSSR count). The van der Waals surface area contributed by atoms with Gasteiger partial charge >= 0.3 is 0 Å². The van der Waals surface area contributed by atoms with Crippen molar-refractivity contribution in [2.75, 3.05) is 12.4 Å². The van der Waals surface area contributed by atoms with Gasteiger partial charge in [-0.2, -0.15) is 0 Å². The summed E-state index contributed by atoms with van der Waals surface area (Å²) in [6.07, 6.45) is 1.46. The Kier molecular flexibility index (Phi) is 4.88. The molecule has 7 nitrogen and oxygen atoms in total. The summed E-state index contributed by atoms with van der Waals surface area (Å²) < 4.78 is 11.7. The molecule has 0 fully saturated rings. The molecule has 0 saturated heterocycles. The third-order valence-corrected chi connectivity index (χ3v) is 6.24. The second kappa shape index (κ2) is 8.22. The Morgan fingerprint density at radius 1 is 0.886 bits per heavy atom. The van der Waals surface area contributed by atoms with Gasteiger partial charge in [0.2, 0.25) is 5.88 Å². The van der Waals surface area contributed by atoms with E-state index in [1.165, 1.54) is 12.4 Å². The fraction of sp³-hybridized carbons (Fsp3) is 0.0714. The van der Waals surface area contributed by atoms with Crippen molar-refractivity contribution in [3.05, 3.63) is 102 Å². The van der Waals surface area contributed by atoms with Crippen molar-refractivity contribution in [3.8, 4) is 28.9 Å². The van der Waals surface area contributed by atoms with Gasteiger partial charge in [-0.05, 0) is 47.3 Å². The van der Waals surface area contributed by atoms with Crippen molar-refractivity contribution in [1.29, 1.82) is 0 Å². The summed E-state index contributed by atoms with van der Waals surface area (Å²) in [4.78, 5) is 9.00. The van der Waals surface area contributed by atoms with E-state index in [9.17, 15) is 10.2 Å². The summed E-state index contributed by atoms with van der Waals surface area (Å²) in [7, 11) is 1.62. The van der Waals surface area contributed by atoms with Crippen LogP contribution in [0.4, 0.5) is 11.5 Å². The van der Waals surface area contributed by atoms with Crippen LogP contribution >= 0.6 is 0 Å². The Hall–Kier alpha value is -4.78. The zero-order valence-electron chi connectivity index (χ0n) is 18.8. The highest BCUT2D eigenvalue weighted by molar-refractivity contribution is 5.91. The molecule has 5 aromatic rings. The average molecular weight is 463 g/mol. The molecule has 7 heteroatoms. The van der Waals surface area contributed by atoms with Crippen molar-refractivity contribution >= 4 is 22.3 Å². The number of nitrogens with zero attached hydrogens (tertiary/aromatic N) is 2. The quantitative estimate of drug-likeness (QED) is 0.273. The lowest BCUT2D eigenvalue weighted by atomic mass is 9.82. The summed E-state index contributed by atoms with van der Waals surface area (Å²) in [6.45, 7) is 0. The van der Waals surface area contributed by atoms with Crippen LogP contribution in [-0.2, 0) is 0 Å². The Morgan fingerprint density at radius 3 is 2.51 bits per heavy atom. The molecule has 0 saturated carbocycles. The van der Waals surface area contributed by atoms with Gasteiger partial charge in [-0.25, -0.2) is 9.97 Å². The summed E-state index contributed by atoms with van der Waals surface area (Å²) in [5.74, 6) is 1.74. The normalized spacial score (nSPS) is 14.0. The van der Waals surface area contributed by atoms with Crippen molar-refractivity contribution in [1.82, 2.24) is 9.97 Å². The standard InChI is InChI=1S/C28H21N3O4/c1-34-19-10-8-18(9-11-19)31-27-25-24(17-7-13-22(32)23(33)14-17)21-12-6-16-4-2-3-5-20(16)26(21)35-28(25)30-15-29-27/h2-15,24,32-33H,1H3,(H,29,30,31). The van der Waals surface area contributed by atoms with Gasteiger partial charge in [0.25, 0.3) is 0 Å². The Morgan fingerprint density at radius 2 is 1.71 bits per heavy atom. The first kappa shape index (κ1) is 20.8. The first-order valence-electron chi connectivity index (χ1n) is 11.1. The van der Waals surface area contributed by atoms with E-state index in [4.69, 9.17) is 9.47 Å². The number of benzene rings is 4. The summed E-state index contributed by atoms with van der Waals surface area (Å²) in [5, 5.41) is 25.6. The van der Waals surface area contributed by atoms with Crippen LogP contribution in [0.3, 0.4) is 0 Å². The molecular formula is C28H21N3O4. The van der Waals surface area contributed by atoms with E-state index in [0.717, 1.165) is 38.9 Å². The molecule has 1 aromatic heterocycles. The van der Waals surface area contributed by atoms with Crippen LogP contribution in [0.5, 0.6) is 28.9 Å². The minimum absolute atomic E-state index is 0.180. The molecule has 1 unspecified atom stereocenters. The number of anilines is 2. The van der Waals surface area contributed by atoms with Gasteiger partial charge in [-0.3, -0.25) is 0 Å². The van der Waals surface area contributed by atoms with Crippen molar-refractivity contribution in [2.24, 2.45) is 0 Å². The van der Waals surface area contributed by atoms with E-state index in [1.54, 1.807) is 19.2 Å². The van der Waals surface area contributed by atoms with Crippen molar-refractivity contribution in [2.45, 2.75) is 5.92 Å². The molecule has 1 aliphatic heterocycles. The lowest BCUT2D eigenvalue weighted by Crippen LogP contribution is -2.16. The zero-order valence-corrected chi connectivity index (χ0v) is 18.8. The number of nitrogens with one attached hydrogen (secondary N) is 1. The molecule has 0 radical (unpaired) electrons. The van der Waals surface area contributed by atoms with Crippen molar-refractivity contribution in [3.63, 3.8) is 0 Å². The molecule has 172 valence electrons. The van der Waals surface area contributed by atoms with Gasteiger partial charge in [-0.1, -0.05) is 42.5 Å². The predicted molar refractivity (Wildman–Crippen MR) is 133 cm³/mol. The summed E-state index contributed by atoms with van der Waals surface area (Å²) in [5.41, 5.74) is 3.24. The van der Waals surface area contributed by atoms with Crippen LogP contribution in [0.2, 0.25) is 0 Å². The minimum atomic E-state index is -0.355. The van der Waals surface area contributed by atoms with E-state index >= 15 is 0 Å². The molecule has 0 amide bonds. The van der Waals surface area contributed by atoms with Crippen molar-refractivity contribution < 1.29 is 19.7 Å². The van der Waals surface area contributed by atoms with E-state index in [2.05, 4.69) is 21.4 Å². The maximum absolute atomic E-state index is 10.3. The molecule has 3 N–H and O–H groups in total. The number of phenols is 2. The SMILES string of the molecule is COc1ccc(Nc2ncnc3c2C(c2ccc(O)c(O)c2)c2ccc4ccccc4c2O3)cc1. The van der Waals surface area contributed by atoms with Gasteiger partial charge < -0.3 is 25.0 Å². The number of methoxy groups -OCH3 is 1. The maximum atomic E-state index is 10.3. The molecule has 1 aliphatic rings. The Bertz CT molecular complexity index is 1570. The molecule has 0 bridgehead atoms. The van der Waals surface area contributed by atoms with Crippen LogP contribution in [0.25, 0.3) is 10.8 Å². The van der Waals surface area contributed by atoms with Crippen LogP contribution in [0.15, 0.2) is 85.2 Å². The van der Waals surface area contributed by atoms with Crippen LogP contribution < -0.4 is 14.8 Å². The monoisotopic (exact) mass is 463 g/mol. The predicted octanol–water partition coefficient (Wildman–Crippen LogP) is 6.08. The Labute approximate surface area is 201 Å². The highest BCUT2D eigenvalue weighted by Gasteiger charge is 2.34. The smallest absolute Gasteiger partial charge is 0.228 e. The fourth-order valence-corrected chi connectivity index (χ4v) is 4.55. The fourth-order valence-electron chi connectivity index (χ4n) is 4.55. The van der Waals surface area contributed by atoms with Gasteiger partial charge in [0.1, 0.15) is 23.6 Å². The number of phenolic OH excluding ortho intramolecular Hbond substituents is 2. The number of hydrogen-bond donors (Lipinski definition) is 3. The summed E-state index contributed by atoms with van der Waals surface area (Å²) >= 11 is 0. The number of aromatic hydroxyl groups is 2. The van der Waals surface area contributed by atoms with Crippen LogP contribution in [-0.4, -0.2) is 27.3 Å². The van der Waals surface area contributed by atoms with Crippen LogP contribution in [0, 0.1) is 0 Å². The van der Waals surface area contributed by atoms with Gasteiger partial charge in [0, 0.05) is 22.6 Å². The first-order valence-corrected chi connectivity index (χ1v) is 11.1. The molecule has 0 spiro atoms. The molecule has 4 aromatic carbocycles. The molecule has 0 aliphatic carbocycles. The van der Waals surface area contributed by atoms with Gasteiger partial charge in [-0.15, -0.1) is 0 Å². The topological polar surface area (TPSA) is 96.7 Å². The second-order valence-electron chi connectivity index (χ2n) is 8.28. The lowest BCUT2D eigenvalue weighted by molar-refractivity contribution is 0.402. The van der Waals surface area contributed by atoms with Gasteiger partial charge in [0.05, 0.1) is 12.7 Å². The summed E-state index contributed by atoms with van der Waals surface area (Å²) in [6, 6.07) is 24.5. The second-order valence-corrected chi connectivity index (χ2v) is 8.28. The van der Waals surface area contributed by atoms with E-state index < -0.39 is 0 Å². The van der Waals surface area contributed by atoms with E-state index in [0.29, 0.717) is 17.4 Å². The Balaban J connectivity index is 1.56. The van der Waals surface area contributed by atoms with Gasteiger partial charge in [0.15, 0.2) is 11.5 Å². The largest absolute Gasteiger partial charge is 0.504 e. The molecule has 2 heterocycles. The highest BCUT2D eigenvalue weighted by atomic mass is 16.5. The van der Waals surface area contributed by atoms with E-state index in [-0.39, 0.29) is 17.4 Å². The zero-order chi connectivity index (χ0) is 23.9. The van der Waals surface area contributed by atoms with Crippen LogP contribution in [0.1, 0.15) is 22.6 Å².